The summed E-state index contributed by atoms with van der Waals surface area (Å²) in [4.78, 5) is 1.67. The Morgan fingerprint density at radius 1 is 1.03 bits per heavy atom. The Labute approximate surface area is 175 Å². The van der Waals surface area contributed by atoms with Gasteiger partial charge in [-0.2, -0.15) is 26.3 Å². The highest BCUT2D eigenvalue weighted by Crippen LogP contribution is 2.61. The van der Waals surface area contributed by atoms with Gasteiger partial charge in [-0.1, -0.05) is 31.2 Å². The Morgan fingerprint density at radius 3 is 2.16 bits per heavy atom. The molecule has 0 saturated carbocycles. The zero-order valence-corrected chi connectivity index (χ0v) is 16.8. The summed E-state index contributed by atoms with van der Waals surface area (Å²) in [6.07, 6.45) is -8.74. The van der Waals surface area contributed by atoms with E-state index in [-0.39, 0.29) is 28.6 Å². The lowest BCUT2D eigenvalue weighted by Crippen LogP contribution is -2.83. The Kier molecular flexibility index (Phi) is 4.10. The maximum absolute atomic E-state index is 14.0. The second-order valence-electron chi connectivity index (χ2n) is 8.99. The number of hydrogen-bond acceptors (Lipinski definition) is 2. The lowest BCUT2D eigenvalue weighted by Gasteiger charge is -2.56. The molecule has 9 heteroatoms. The van der Waals surface area contributed by atoms with Gasteiger partial charge in [-0.3, -0.25) is 9.38 Å². The summed E-state index contributed by atoms with van der Waals surface area (Å²) in [5.41, 5.74) is 5.56. The molecule has 2 atom stereocenters. The molecule has 0 amide bonds. The molecule has 3 nitrogen and oxygen atoms in total. The van der Waals surface area contributed by atoms with Gasteiger partial charge in [0.15, 0.2) is 18.5 Å². The van der Waals surface area contributed by atoms with Crippen LogP contribution in [0.2, 0.25) is 0 Å². The topological polar surface area (TPSA) is 29.3 Å². The van der Waals surface area contributed by atoms with Crippen molar-refractivity contribution >= 4 is 11.4 Å². The van der Waals surface area contributed by atoms with Gasteiger partial charge in [-0.25, -0.2) is 0 Å². The molecule has 3 aliphatic rings. The van der Waals surface area contributed by atoms with E-state index in [1.54, 1.807) is 4.90 Å². The molecule has 31 heavy (non-hydrogen) atoms. The van der Waals surface area contributed by atoms with Gasteiger partial charge in [-0.05, 0) is 42.5 Å². The largest absolute Gasteiger partial charge is 0.422 e. The highest BCUT2D eigenvalue weighted by molar-refractivity contribution is 5.85. The molecule has 2 unspecified atom stereocenters. The number of rotatable bonds is 3. The van der Waals surface area contributed by atoms with Crippen molar-refractivity contribution in [2.45, 2.75) is 50.2 Å². The first-order valence-corrected chi connectivity index (χ1v) is 10.2. The third-order valence-corrected chi connectivity index (χ3v) is 6.94. The summed E-state index contributed by atoms with van der Waals surface area (Å²) >= 11 is 0. The molecule has 1 fully saturated rings. The smallest absolute Gasteiger partial charge is 0.318 e. The second-order valence-corrected chi connectivity index (χ2v) is 8.99. The van der Waals surface area contributed by atoms with E-state index in [1.807, 2.05) is 31.2 Å². The SMILES string of the molecule is CCC[N+]12CN(c3cc(C(F)(F)F)cc(C(F)(F)F)c31)C2C1(N)Cc2ccccc2C1. The van der Waals surface area contributed by atoms with Gasteiger partial charge in [0.25, 0.3) is 0 Å². The van der Waals surface area contributed by atoms with E-state index in [0.717, 1.165) is 17.2 Å². The summed E-state index contributed by atoms with van der Waals surface area (Å²) in [6, 6.07) is 8.82. The van der Waals surface area contributed by atoms with Gasteiger partial charge in [-0.15, -0.1) is 0 Å². The van der Waals surface area contributed by atoms with Crippen molar-refractivity contribution in [1.29, 1.82) is 0 Å². The quantitative estimate of drug-likeness (QED) is 0.532. The molecule has 0 aromatic heterocycles. The van der Waals surface area contributed by atoms with Crippen LogP contribution in [0.5, 0.6) is 0 Å². The molecule has 2 bridgehead atoms. The van der Waals surface area contributed by atoms with Gasteiger partial charge in [0.1, 0.15) is 11.3 Å². The zero-order chi connectivity index (χ0) is 22.4. The maximum Gasteiger partial charge on any atom is 0.422 e. The summed E-state index contributed by atoms with van der Waals surface area (Å²) in [5, 5.41) is 0. The fourth-order valence-corrected chi connectivity index (χ4v) is 6.05. The van der Waals surface area contributed by atoms with E-state index in [0.29, 0.717) is 25.8 Å². The molecule has 2 aliphatic heterocycles. The number of alkyl halides is 6. The van der Waals surface area contributed by atoms with Crippen molar-refractivity contribution in [1.82, 2.24) is 4.48 Å². The molecule has 1 saturated heterocycles. The van der Waals surface area contributed by atoms with Gasteiger partial charge in [0.05, 0.1) is 17.6 Å². The molecule has 0 radical (unpaired) electrons. The molecular weight excluding hydrogens is 420 g/mol. The molecule has 2 aromatic carbocycles. The molecular formula is C22H22F6N3+. The van der Waals surface area contributed by atoms with E-state index in [2.05, 4.69) is 0 Å². The number of halogens is 6. The average molecular weight is 442 g/mol. The fraction of sp³-hybridized carbons (Fsp3) is 0.455. The average Bonchev–Trinajstić information content (AvgIpc) is 3.23. The lowest BCUT2D eigenvalue weighted by molar-refractivity contribution is -0.143. The van der Waals surface area contributed by atoms with E-state index >= 15 is 0 Å². The predicted molar refractivity (Wildman–Crippen MR) is 105 cm³/mol. The number of quaternary nitrogens is 1. The summed E-state index contributed by atoms with van der Waals surface area (Å²) < 4.78 is 82.3. The monoisotopic (exact) mass is 442 g/mol. The lowest BCUT2D eigenvalue weighted by atomic mass is 9.87. The van der Waals surface area contributed by atoms with Crippen LogP contribution in [0.25, 0.3) is 0 Å². The van der Waals surface area contributed by atoms with Crippen molar-refractivity contribution in [3.63, 3.8) is 0 Å². The molecule has 166 valence electrons. The number of hydrogen-bond donors (Lipinski definition) is 1. The fourth-order valence-electron chi connectivity index (χ4n) is 6.05. The normalized spacial score (nSPS) is 25.9. The molecule has 2 heterocycles. The standard InChI is InChI=1S/C22H22F6N3/c1-2-7-31-12-30(19(31)20(29)10-13-5-3-4-6-14(13)11-20)17-9-15(21(23,24)25)8-16(18(17)31)22(26,27)28/h3-6,8-9,19H,2,7,10-12,29H2,1H3/q+1. The van der Waals surface area contributed by atoms with Gasteiger partial charge in [0.2, 0.25) is 0 Å². The van der Waals surface area contributed by atoms with Crippen LogP contribution in [-0.4, -0.2) is 24.9 Å². The maximum atomic E-state index is 14.0. The van der Waals surface area contributed by atoms with Gasteiger partial charge >= 0.3 is 12.4 Å². The van der Waals surface area contributed by atoms with Crippen molar-refractivity contribution in [3.8, 4) is 0 Å². The van der Waals surface area contributed by atoms with Crippen LogP contribution in [0.15, 0.2) is 36.4 Å². The van der Waals surface area contributed by atoms with Crippen LogP contribution in [0, 0.1) is 0 Å². The van der Waals surface area contributed by atoms with Crippen LogP contribution in [0.1, 0.15) is 35.6 Å². The second kappa shape index (κ2) is 6.16. The number of nitrogens with two attached hydrogens (primary N) is 1. The Morgan fingerprint density at radius 2 is 1.65 bits per heavy atom. The predicted octanol–water partition coefficient (Wildman–Crippen LogP) is 5.06. The third-order valence-electron chi connectivity index (χ3n) is 6.94. The van der Waals surface area contributed by atoms with Crippen LogP contribution in [0.4, 0.5) is 37.7 Å². The van der Waals surface area contributed by atoms with E-state index in [9.17, 15) is 26.3 Å². The molecule has 2 N–H and O–H groups in total. The van der Waals surface area contributed by atoms with Crippen LogP contribution < -0.4 is 15.1 Å². The molecule has 1 aliphatic carbocycles. The highest BCUT2D eigenvalue weighted by Gasteiger charge is 2.71. The van der Waals surface area contributed by atoms with Crippen LogP contribution in [0.3, 0.4) is 0 Å². The number of anilines is 1. The van der Waals surface area contributed by atoms with Gasteiger partial charge in [0, 0.05) is 0 Å². The molecule has 2 aromatic rings. The number of fused-ring (bicyclic) bond motifs is 6. The summed E-state index contributed by atoms with van der Waals surface area (Å²) in [7, 11) is 0. The van der Waals surface area contributed by atoms with E-state index < -0.39 is 35.2 Å². The van der Waals surface area contributed by atoms with Crippen molar-refractivity contribution in [3.05, 3.63) is 58.7 Å². The Balaban J connectivity index is 1.68. The Bertz CT molecular complexity index is 1040. The van der Waals surface area contributed by atoms with E-state index in [1.165, 1.54) is 0 Å². The summed E-state index contributed by atoms with van der Waals surface area (Å²) in [6.45, 7) is 2.47. The van der Waals surface area contributed by atoms with Crippen LogP contribution >= 0.6 is 0 Å². The Hall–Kier alpha value is -2.26. The van der Waals surface area contributed by atoms with E-state index in [4.69, 9.17) is 5.73 Å². The van der Waals surface area contributed by atoms with Crippen molar-refractivity contribution < 1.29 is 26.3 Å². The number of benzene rings is 2. The minimum atomic E-state index is -4.89. The summed E-state index contributed by atoms with van der Waals surface area (Å²) in [5.74, 6) is 0. The van der Waals surface area contributed by atoms with Crippen molar-refractivity contribution in [2.24, 2.45) is 5.73 Å². The van der Waals surface area contributed by atoms with Gasteiger partial charge < -0.3 is 5.73 Å². The molecule has 5 rings (SSSR count). The van der Waals surface area contributed by atoms with Crippen molar-refractivity contribution in [2.75, 3.05) is 18.1 Å². The minimum absolute atomic E-state index is 0.0152. The first-order valence-electron chi connectivity index (χ1n) is 10.2. The zero-order valence-electron chi connectivity index (χ0n) is 16.8. The first kappa shape index (κ1) is 20.6. The van der Waals surface area contributed by atoms with Crippen LogP contribution in [-0.2, 0) is 25.2 Å². The first-order chi connectivity index (χ1) is 14.4. The molecule has 0 spiro atoms. The third kappa shape index (κ3) is 2.75. The number of nitrogens with zero attached hydrogens (tertiary/aromatic N) is 2. The highest BCUT2D eigenvalue weighted by atomic mass is 19.4. The minimum Gasteiger partial charge on any atom is -0.318 e.